The van der Waals surface area contributed by atoms with Gasteiger partial charge < -0.3 is 15.8 Å². The highest BCUT2D eigenvalue weighted by Crippen LogP contribution is 2.42. The van der Waals surface area contributed by atoms with E-state index in [4.69, 9.17) is 10.5 Å². The molecule has 0 bridgehead atoms. The average molecular weight is 323 g/mol. The molecule has 2 aromatic rings. The first-order chi connectivity index (χ1) is 11.7. The number of ether oxygens (including phenoxy) is 1. The zero-order valence-corrected chi connectivity index (χ0v) is 14.2. The van der Waals surface area contributed by atoms with E-state index in [1.807, 2.05) is 36.4 Å². The van der Waals surface area contributed by atoms with Gasteiger partial charge in [0.2, 0.25) is 0 Å². The fourth-order valence-corrected chi connectivity index (χ4v) is 3.49. The predicted molar refractivity (Wildman–Crippen MR) is 99.7 cm³/mol. The maximum Gasteiger partial charge on any atom is 0.193 e. The Kier molecular flexibility index (Phi) is 5.04. The molecule has 4 heteroatoms. The molecule has 4 nitrogen and oxygen atoms in total. The van der Waals surface area contributed by atoms with Crippen LogP contribution in [0, 0.1) is 0 Å². The monoisotopic (exact) mass is 323 g/mol. The minimum absolute atomic E-state index is 0.0670. The Labute approximate surface area is 143 Å². The van der Waals surface area contributed by atoms with Crippen LogP contribution in [-0.4, -0.2) is 19.6 Å². The highest BCUT2D eigenvalue weighted by Gasteiger charge is 2.35. The van der Waals surface area contributed by atoms with Crippen molar-refractivity contribution >= 4 is 11.6 Å². The number of para-hydroxylation sites is 1. The maximum absolute atomic E-state index is 6.09. The summed E-state index contributed by atoms with van der Waals surface area (Å²) in [5.74, 6) is 1.37. The van der Waals surface area contributed by atoms with E-state index in [2.05, 4.69) is 28.5 Å². The lowest BCUT2D eigenvalue weighted by atomic mass is 9.79. The summed E-state index contributed by atoms with van der Waals surface area (Å²) in [6.07, 6.45) is 4.75. The summed E-state index contributed by atoms with van der Waals surface area (Å²) in [4.78, 5) is 4.65. The van der Waals surface area contributed by atoms with Gasteiger partial charge in [0, 0.05) is 11.1 Å². The minimum atomic E-state index is 0.0670. The van der Waals surface area contributed by atoms with Crippen LogP contribution in [0.2, 0.25) is 0 Å². The third-order valence-electron chi connectivity index (χ3n) is 4.84. The van der Waals surface area contributed by atoms with Gasteiger partial charge in [-0.25, -0.2) is 0 Å². The standard InChI is InChI=1S/C20H25N3O/c1-24-18-11-7-8-16(14-18)20(12-5-6-13-20)15-22-19(21)23-17-9-3-2-4-10-17/h2-4,7-11,14H,5-6,12-13,15H2,1H3,(H3,21,22,23). The third kappa shape index (κ3) is 3.70. The van der Waals surface area contributed by atoms with Crippen LogP contribution in [-0.2, 0) is 5.41 Å². The van der Waals surface area contributed by atoms with Crippen LogP contribution in [0.1, 0.15) is 31.2 Å². The largest absolute Gasteiger partial charge is 0.497 e. The van der Waals surface area contributed by atoms with Crippen molar-refractivity contribution in [2.24, 2.45) is 10.7 Å². The summed E-state index contributed by atoms with van der Waals surface area (Å²) in [5, 5.41) is 3.16. The summed E-state index contributed by atoms with van der Waals surface area (Å²) in [6.45, 7) is 0.700. The Morgan fingerprint density at radius 2 is 1.88 bits per heavy atom. The number of nitrogens with zero attached hydrogens (tertiary/aromatic N) is 1. The number of nitrogens with two attached hydrogens (primary N) is 1. The zero-order chi connectivity index (χ0) is 16.8. The molecule has 3 rings (SSSR count). The molecule has 1 aliphatic carbocycles. The number of aliphatic imine (C=N–C) groups is 1. The molecule has 0 spiro atoms. The molecule has 0 aliphatic heterocycles. The van der Waals surface area contributed by atoms with Gasteiger partial charge in [0.1, 0.15) is 5.75 Å². The van der Waals surface area contributed by atoms with Gasteiger partial charge in [-0.3, -0.25) is 4.99 Å². The van der Waals surface area contributed by atoms with Crippen molar-refractivity contribution in [2.75, 3.05) is 19.0 Å². The number of nitrogens with one attached hydrogen (secondary N) is 1. The van der Waals surface area contributed by atoms with Crippen LogP contribution in [0.3, 0.4) is 0 Å². The van der Waals surface area contributed by atoms with E-state index in [0.29, 0.717) is 12.5 Å². The van der Waals surface area contributed by atoms with Gasteiger partial charge in [-0.05, 0) is 42.7 Å². The zero-order valence-electron chi connectivity index (χ0n) is 14.2. The first-order valence-electron chi connectivity index (χ1n) is 8.48. The minimum Gasteiger partial charge on any atom is -0.497 e. The Bertz CT molecular complexity index is 691. The molecule has 0 aromatic heterocycles. The quantitative estimate of drug-likeness (QED) is 0.647. The second-order valence-electron chi connectivity index (χ2n) is 6.41. The number of anilines is 1. The van der Waals surface area contributed by atoms with Crippen molar-refractivity contribution in [3.8, 4) is 5.75 Å². The van der Waals surface area contributed by atoms with Crippen LogP contribution < -0.4 is 15.8 Å². The van der Waals surface area contributed by atoms with E-state index >= 15 is 0 Å². The Morgan fingerprint density at radius 3 is 2.58 bits per heavy atom. The van der Waals surface area contributed by atoms with Crippen LogP contribution in [0.5, 0.6) is 5.75 Å². The molecule has 0 radical (unpaired) electrons. The number of methoxy groups -OCH3 is 1. The molecule has 2 aromatic carbocycles. The van der Waals surface area contributed by atoms with E-state index in [9.17, 15) is 0 Å². The number of hydrogen-bond donors (Lipinski definition) is 2. The molecular weight excluding hydrogens is 298 g/mol. The highest BCUT2D eigenvalue weighted by molar-refractivity contribution is 5.92. The summed E-state index contributed by atoms with van der Waals surface area (Å²) in [7, 11) is 1.71. The van der Waals surface area contributed by atoms with Gasteiger partial charge in [0.15, 0.2) is 5.96 Å². The molecule has 1 saturated carbocycles. The predicted octanol–water partition coefficient (Wildman–Crippen LogP) is 3.93. The van der Waals surface area contributed by atoms with Gasteiger partial charge in [0.05, 0.1) is 13.7 Å². The number of benzene rings is 2. The SMILES string of the molecule is COc1cccc(C2(CN=C(N)Nc3ccccc3)CCCC2)c1. The van der Waals surface area contributed by atoms with Crippen LogP contribution >= 0.6 is 0 Å². The molecule has 0 atom stereocenters. The summed E-state index contributed by atoms with van der Waals surface area (Å²) < 4.78 is 5.39. The van der Waals surface area contributed by atoms with Crippen molar-refractivity contribution < 1.29 is 4.74 Å². The van der Waals surface area contributed by atoms with Crippen molar-refractivity contribution in [3.05, 3.63) is 60.2 Å². The molecule has 0 heterocycles. The molecule has 0 saturated heterocycles. The molecule has 1 aliphatic rings. The Balaban J connectivity index is 1.77. The lowest BCUT2D eigenvalue weighted by Crippen LogP contribution is -2.30. The fourth-order valence-electron chi connectivity index (χ4n) is 3.49. The molecular formula is C20H25N3O. The summed E-state index contributed by atoms with van der Waals surface area (Å²) in [6, 6.07) is 18.3. The first kappa shape index (κ1) is 16.4. The van der Waals surface area contributed by atoms with Crippen LogP contribution in [0.25, 0.3) is 0 Å². The first-order valence-corrected chi connectivity index (χ1v) is 8.48. The van der Waals surface area contributed by atoms with Crippen LogP contribution in [0.4, 0.5) is 5.69 Å². The van der Waals surface area contributed by atoms with Crippen molar-refractivity contribution in [1.82, 2.24) is 0 Å². The van der Waals surface area contributed by atoms with E-state index in [-0.39, 0.29) is 5.41 Å². The third-order valence-corrected chi connectivity index (χ3v) is 4.84. The number of guanidine groups is 1. The molecule has 24 heavy (non-hydrogen) atoms. The topological polar surface area (TPSA) is 59.6 Å². The number of rotatable bonds is 5. The second-order valence-corrected chi connectivity index (χ2v) is 6.41. The normalized spacial score (nSPS) is 16.8. The molecule has 3 N–H and O–H groups in total. The maximum atomic E-state index is 6.09. The van der Waals surface area contributed by atoms with Gasteiger partial charge in [-0.1, -0.05) is 43.2 Å². The fraction of sp³-hybridized carbons (Fsp3) is 0.350. The second kappa shape index (κ2) is 7.39. The van der Waals surface area contributed by atoms with Gasteiger partial charge >= 0.3 is 0 Å². The van der Waals surface area contributed by atoms with Gasteiger partial charge in [-0.15, -0.1) is 0 Å². The average Bonchev–Trinajstić information content (AvgIpc) is 3.11. The lowest BCUT2D eigenvalue weighted by Gasteiger charge is -2.28. The summed E-state index contributed by atoms with van der Waals surface area (Å²) in [5.41, 5.74) is 8.42. The summed E-state index contributed by atoms with van der Waals surface area (Å²) >= 11 is 0. The van der Waals surface area contributed by atoms with E-state index in [1.165, 1.54) is 18.4 Å². The smallest absolute Gasteiger partial charge is 0.193 e. The van der Waals surface area contributed by atoms with Crippen molar-refractivity contribution in [1.29, 1.82) is 0 Å². The molecule has 0 amide bonds. The van der Waals surface area contributed by atoms with Crippen molar-refractivity contribution in [3.63, 3.8) is 0 Å². The van der Waals surface area contributed by atoms with Gasteiger partial charge in [-0.2, -0.15) is 0 Å². The molecule has 126 valence electrons. The van der Waals surface area contributed by atoms with E-state index < -0.39 is 0 Å². The number of hydrogen-bond acceptors (Lipinski definition) is 2. The Morgan fingerprint density at radius 1 is 1.12 bits per heavy atom. The van der Waals surface area contributed by atoms with Gasteiger partial charge in [0.25, 0.3) is 0 Å². The van der Waals surface area contributed by atoms with E-state index in [1.54, 1.807) is 7.11 Å². The highest BCUT2D eigenvalue weighted by atomic mass is 16.5. The lowest BCUT2D eigenvalue weighted by molar-refractivity contribution is 0.408. The molecule has 0 unspecified atom stereocenters. The Hall–Kier alpha value is -2.49. The molecule has 1 fully saturated rings. The van der Waals surface area contributed by atoms with Crippen molar-refractivity contribution in [2.45, 2.75) is 31.1 Å². The van der Waals surface area contributed by atoms with E-state index in [0.717, 1.165) is 24.3 Å². The van der Waals surface area contributed by atoms with Crippen LogP contribution in [0.15, 0.2) is 59.6 Å².